The molecule has 2 fully saturated rings. The lowest BCUT2D eigenvalue weighted by atomic mass is 9.71. The molecule has 0 radical (unpaired) electrons. The lowest BCUT2D eigenvalue weighted by molar-refractivity contribution is -0.314. The molecular formula is C22H39N5O. The van der Waals surface area contributed by atoms with E-state index in [-0.39, 0.29) is 11.1 Å². The molecule has 3 rings (SSSR count). The molecule has 1 N–H and O–H groups in total. The average molecular weight is 390 g/mol. The Bertz CT molecular complexity index is 582. The fourth-order valence-electron chi connectivity index (χ4n) is 5.45. The predicted octanol–water partition coefficient (Wildman–Crippen LogP) is 4.99. The van der Waals surface area contributed by atoms with E-state index in [9.17, 15) is 0 Å². The molecule has 1 aromatic heterocycles. The number of piperidine rings is 1. The molecule has 0 spiro atoms. The summed E-state index contributed by atoms with van der Waals surface area (Å²) in [6.45, 7) is 11.6. The van der Waals surface area contributed by atoms with Crippen LogP contribution in [0, 0.1) is 5.92 Å². The lowest BCUT2D eigenvalue weighted by Gasteiger charge is -2.56. The average Bonchev–Trinajstić information content (AvgIpc) is 2.65. The smallest absolute Gasteiger partial charge is 0.225 e. The molecule has 1 unspecified atom stereocenters. The van der Waals surface area contributed by atoms with Crippen molar-refractivity contribution in [3.05, 3.63) is 12.7 Å². The molecular weight excluding hydrogens is 350 g/mol. The van der Waals surface area contributed by atoms with Gasteiger partial charge in [0.25, 0.3) is 0 Å². The van der Waals surface area contributed by atoms with E-state index in [0.29, 0.717) is 24.0 Å². The summed E-state index contributed by atoms with van der Waals surface area (Å²) in [6, 6.07) is 0.364. The molecule has 1 aliphatic heterocycles. The van der Waals surface area contributed by atoms with Gasteiger partial charge < -0.3 is 5.32 Å². The molecule has 6 heteroatoms. The van der Waals surface area contributed by atoms with E-state index < -0.39 is 0 Å². The van der Waals surface area contributed by atoms with E-state index in [2.05, 4.69) is 60.0 Å². The Morgan fingerprint density at radius 3 is 2.25 bits per heavy atom. The Balaban J connectivity index is 1.73. The van der Waals surface area contributed by atoms with Crippen molar-refractivity contribution in [2.45, 2.75) is 116 Å². The van der Waals surface area contributed by atoms with Crippen molar-refractivity contribution in [3.63, 3.8) is 0 Å². The second kappa shape index (κ2) is 9.04. The van der Waals surface area contributed by atoms with Gasteiger partial charge in [-0.2, -0.15) is 5.06 Å². The van der Waals surface area contributed by atoms with Gasteiger partial charge in [-0.05, 0) is 65.7 Å². The maximum absolute atomic E-state index is 6.65. The monoisotopic (exact) mass is 389 g/mol. The molecule has 158 valence electrons. The van der Waals surface area contributed by atoms with Crippen LogP contribution < -0.4 is 5.32 Å². The Hall–Kier alpha value is -1.27. The van der Waals surface area contributed by atoms with Crippen LogP contribution in [0.25, 0.3) is 0 Å². The molecule has 2 aliphatic rings. The van der Waals surface area contributed by atoms with Gasteiger partial charge in [0.15, 0.2) is 0 Å². The molecule has 6 nitrogen and oxygen atoms in total. The fourth-order valence-corrected chi connectivity index (χ4v) is 5.45. The maximum Gasteiger partial charge on any atom is 0.225 e. The first-order valence-electron chi connectivity index (χ1n) is 11.2. The van der Waals surface area contributed by atoms with Gasteiger partial charge in [-0.3, -0.25) is 4.84 Å². The van der Waals surface area contributed by atoms with Gasteiger partial charge in [-0.25, -0.2) is 15.0 Å². The Labute approximate surface area is 170 Å². The highest BCUT2D eigenvalue weighted by molar-refractivity contribution is 5.24. The zero-order valence-electron chi connectivity index (χ0n) is 18.4. The van der Waals surface area contributed by atoms with Crippen molar-refractivity contribution in [2.75, 3.05) is 5.32 Å². The third kappa shape index (κ3) is 5.20. The van der Waals surface area contributed by atoms with E-state index in [4.69, 9.17) is 4.84 Å². The lowest BCUT2D eigenvalue weighted by Crippen LogP contribution is -2.63. The Morgan fingerprint density at radius 2 is 1.68 bits per heavy atom. The standard InChI is InChI=1S/C22H39N5O/c1-6-10-19(26-20-24-15-23-16-25-20)17-13-21(2,3)27(22(4,5)14-17)28-18-11-8-7-9-12-18/h15-19H,6-14H2,1-5H3,(H,23,24,25,26). The van der Waals surface area contributed by atoms with E-state index in [1.807, 2.05) is 0 Å². The van der Waals surface area contributed by atoms with Gasteiger partial charge in [0.2, 0.25) is 5.95 Å². The van der Waals surface area contributed by atoms with Gasteiger partial charge in [0.05, 0.1) is 6.10 Å². The summed E-state index contributed by atoms with van der Waals surface area (Å²) in [5, 5.41) is 5.95. The normalized spacial score (nSPS) is 24.8. The molecule has 2 heterocycles. The summed E-state index contributed by atoms with van der Waals surface area (Å²) in [5.74, 6) is 1.23. The fraction of sp³-hybridized carbons (Fsp3) is 0.864. The van der Waals surface area contributed by atoms with Crippen molar-refractivity contribution in [3.8, 4) is 0 Å². The van der Waals surface area contributed by atoms with Crippen molar-refractivity contribution < 1.29 is 4.84 Å². The van der Waals surface area contributed by atoms with Gasteiger partial charge in [-0.1, -0.05) is 32.6 Å². The van der Waals surface area contributed by atoms with Gasteiger partial charge in [0.1, 0.15) is 12.7 Å². The van der Waals surface area contributed by atoms with Crippen LogP contribution in [-0.2, 0) is 4.84 Å². The molecule has 1 atom stereocenters. The van der Waals surface area contributed by atoms with Crippen molar-refractivity contribution >= 4 is 5.95 Å². The largest absolute Gasteiger partial charge is 0.351 e. The van der Waals surface area contributed by atoms with Crippen LogP contribution in [-0.4, -0.2) is 43.2 Å². The van der Waals surface area contributed by atoms with Gasteiger partial charge >= 0.3 is 0 Å². The molecule has 1 saturated carbocycles. The van der Waals surface area contributed by atoms with Crippen LogP contribution in [0.2, 0.25) is 0 Å². The zero-order valence-corrected chi connectivity index (χ0v) is 18.4. The highest BCUT2D eigenvalue weighted by atomic mass is 16.7. The van der Waals surface area contributed by atoms with E-state index in [1.165, 1.54) is 32.1 Å². The highest BCUT2D eigenvalue weighted by Crippen LogP contribution is 2.44. The van der Waals surface area contributed by atoms with E-state index >= 15 is 0 Å². The quantitative estimate of drug-likeness (QED) is 0.709. The van der Waals surface area contributed by atoms with Crippen LogP contribution in [0.1, 0.15) is 92.4 Å². The van der Waals surface area contributed by atoms with Crippen LogP contribution >= 0.6 is 0 Å². The first-order valence-corrected chi connectivity index (χ1v) is 11.2. The SMILES string of the molecule is CCCC(Nc1ncncn1)C1CC(C)(C)N(OC2CCCCC2)C(C)(C)C1. The number of rotatable bonds is 7. The number of hydrogen-bond donors (Lipinski definition) is 1. The van der Waals surface area contributed by atoms with Gasteiger partial charge in [0, 0.05) is 17.1 Å². The molecule has 0 aromatic carbocycles. The number of hydrogen-bond acceptors (Lipinski definition) is 6. The number of aromatic nitrogens is 3. The summed E-state index contributed by atoms with van der Waals surface area (Å²) in [4.78, 5) is 19.2. The predicted molar refractivity (Wildman–Crippen MR) is 113 cm³/mol. The third-order valence-electron chi connectivity index (χ3n) is 6.41. The molecule has 1 aliphatic carbocycles. The number of hydroxylamine groups is 2. The van der Waals surface area contributed by atoms with E-state index in [0.717, 1.165) is 25.7 Å². The van der Waals surface area contributed by atoms with Crippen molar-refractivity contribution in [1.29, 1.82) is 0 Å². The molecule has 0 amide bonds. The summed E-state index contributed by atoms with van der Waals surface area (Å²) in [5.41, 5.74) is -0.00668. The van der Waals surface area contributed by atoms with Crippen molar-refractivity contribution in [2.24, 2.45) is 5.92 Å². The topological polar surface area (TPSA) is 63.2 Å². The molecule has 28 heavy (non-hydrogen) atoms. The van der Waals surface area contributed by atoms with Crippen LogP contribution in [0.4, 0.5) is 5.95 Å². The number of nitrogens with zero attached hydrogens (tertiary/aromatic N) is 4. The first kappa shape index (κ1) is 21.4. The highest BCUT2D eigenvalue weighted by Gasteiger charge is 2.49. The third-order valence-corrected chi connectivity index (χ3v) is 6.41. The second-order valence-electron chi connectivity index (χ2n) is 9.95. The first-order chi connectivity index (χ1) is 13.3. The summed E-state index contributed by atoms with van der Waals surface area (Å²) in [6.07, 6.45) is 14.3. The van der Waals surface area contributed by atoms with Crippen LogP contribution in [0.5, 0.6) is 0 Å². The summed E-state index contributed by atoms with van der Waals surface area (Å²) < 4.78 is 0. The molecule has 1 aromatic rings. The van der Waals surface area contributed by atoms with Crippen LogP contribution in [0.15, 0.2) is 12.7 Å². The summed E-state index contributed by atoms with van der Waals surface area (Å²) >= 11 is 0. The van der Waals surface area contributed by atoms with Crippen LogP contribution in [0.3, 0.4) is 0 Å². The van der Waals surface area contributed by atoms with E-state index in [1.54, 1.807) is 12.7 Å². The van der Waals surface area contributed by atoms with Gasteiger partial charge in [-0.15, -0.1) is 0 Å². The molecule has 1 saturated heterocycles. The number of nitrogens with one attached hydrogen (secondary N) is 1. The minimum Gasteiger partial charge on any atom is -0.351 e. The zero-order chi connectivity index (χ0) is 20.2. The maximum atomic E-state index is 6.65. The number of anilines is 1. The van der Waals surface area contributed by atoms with Crippen molar-refractivity contribution in [1.82, 2.24) is 20.0 Å². The Kier molecular flexibility index (Phi) is 6.92. The Morgan fingerprint density at radius 1 is 1.07 bits per heavy atom. The minimum atomic E-state index is -0.00334. The summed E-state index contributed by atoms with van der Waals surface area (Å²) in [7, 11) is 0. The minimum absolute atomic E-state index is 0.00334. The second-order valence-corrected chi connectivity index (χ2v) is 9.95. The molecule has 0 bridgehead atoms.